The summed E-state index contributed by atoms with van der Waals surface area (Å²) >= 11 is 3.62. The molecule has 0 unspecified atom stereocenters. The third kappa shape index (κ3) is 7.86. The van der Waals surface area contributed by atoms with Gasteiger partial charge in [-0.3, -0.25) is 14.4 Å². The fourth-order valence-electron chi connectivity index (χ4n) is 4.19. The molecule has 0 spiro atoms. The normalized spacial score (nSPS) is 11.1. The van der Waals surface area contributed by atoms with Crippen LogP contribution in [0, 0.1) is 3.57 Å². The van der Waals surface area contributed by atoms with E-state index in [2.05, 4.69) is 38.5 Å². The zero-order chi connectivity index (χ0) is 29.3. The Morgan fingerprint density at radius 3 is 2.10 bits per heavy atom. The van der Waals surface area contributed by atoms with Crippen molar-refractivity contribution in [2.24, 2.45) is 0 Å². The molecular weight excluding hydrogens is 657 g/mol. The second kappa shape index (κ2) is 14.0. The lowest BCUT2D eigenvalue weighted by molar-refractivity contribution is -0.114. The highest BCUT2D eigenvalue weighted by molar-refractivity contribution is 14.1. The van der Waals surface area contributed by atoms with Gasteiger partial charge in [-0.15, -0.1) is 11.8 Å². The molecule has 0 aliphatic heterocycles. The van der Waals surface area contributed by atoms with E-state index >= 15 is 0 Å². The summed E-state index contributed by atoms with van der Waals surface area (Å²) in [5, 5.41) is 10.6. The smallest absolute Gasteiger partial charge is 0.272 e. The molecule has 0 saturated carbocycles. The van der Waals surface area contributed by atoms with Crippen LogP contribution in [-0.4, -0.2) is 23.5 Å². The van der Waals surface area contributed by atoms with Gasteiger partial charge in [0.15, 0.2) is 0 Å². The van der Waals surface area contributed by atoms with Crippen LogP contribution < -0.4 is 16.0 Å². The predicted molar refractivity (Wildman–Crippen MR) is 179 cm³/mol. The Morgan fingerprint density at radius 1 is 0.690 bits per heavy atom. The zero-order valence-corrected chi connectivity index (χ0v) is 25.3. The van der Waals surface area contributed by atoms with E-state index in [1.165, 1.54) is 11.8 Å². The van der Waals surface area contributed by atoms with Gasteiger partial charge in [0, 0.05) is 25.4 Å². The Labute approximate surface area is 261 Å². The van der Waals surface area contributed by atoms with Crippen molar-refractivity contribution in [3.8, 4) is 0 Å². The molecule has 0 aliphatic carbocycles. The van der Waals surface area contributed by atoms with Gasteiger partial charge in [0.2, 0.25) is 5.91 Å². The summed E-state index contributed by atoms with van der Waals surface area (Å²) in [5.74, 6) is -0.686. The first-order valence-corrected chi connectivity index (χ1v) is 15.2. The minimum absolute atomic E-state index is 0.101. The Balaban J connectivity index is 1.29. The van der Waals surface area contributed by atoms with Crippen LogP contribution in [0.5, 0.6) is 0 Å². The first kappa shape index (κ1) is 29.1. The highest BCUT2D eigenvalue weighted by Crippen LogP contribution is 2.23. The van der Waals surface area contributed by atoms with Gasteiger partial charge >= 0.3 is 0 Å². The topological polar surface area (TPSA) is 87.3 Å². The van der Waals surface area contributed by atoms with Crippen molar-refractivity contribution in [2.45, 2.75) is 4.90 Å². The van der Waals surface area contributed by atoms with Gasteiger partial charge in [-0.1, -0.05) is 60.7 Å². The van der Waals surface area contributed by atoms with Crippen LogP contribution >= 0.6 is 34.4 Å². The molecule has 5 rings (SSSR count). The monoisotopic (exact) mass is 683 g/mol. The minimum atomic E-state index is -0.454. The van der Waals surface area contributed by atoms with Gasteiger partial charge in [0.25, 0.3) is 11.8 Å². The van der Waals surface area contributed by atoms with Crippen molar-refractivity contribution < 1.29 is 14.4 Å². The van der Waals surface area contributed by atoms with Crippen LogP contribution in [0.1, 0.15) is 15.9 Å². The van der Waals surface area contributed by atoms with Crippen molar-refractivity contribution in [3.63, 3.8) is 0 Å². The van der Waals surface area contributed by atoms with Gasteiger partial charge in [-0.2, -0.15) is 0 Å². The Morgan fingerprint density at radius 2 is 1.33 bits per heavy atom. The molecular formula is C34H26IN3O3S. The van der Waals surface area contributed by atoms with Crippen molar-refractivity contribution in [1.82, 2.24) is 5.32 Å². The van der Waals surface area contributed by atoms with E-state index in [-0.39, 0.29) is 23.3 Å². The summed E-state index contributed by atoms with van der Waals surface area (Å²) in [4.78, 5) is 39.7. The maximum absolute atomic E-state index is 13.5. The van der Waals surface area contributed by atoms with Crippen molar-refractivity contribution >= 4 is 80.3 Å². The molecule has 0 bridgehead atoms. The molecule has 0 saturated heterocycles. The largest absolute Gasteiger partial charge is 0.325 e. The summed E-state index contributed by atoms with van der Waals surface area (Å²) in [6, 6.07) is 37.3. The number of hydrogen-bond donors (Lipinski definition) is 3. The maximum atomic E-state index is 13.5. The van der Waals surface area contributed by atoms with Gasteiger partial charge in [0.05, 0.1) is 5.75 Å². The molecule has 5 aromatic rings. The molecule has 8 heteroatoms. The molecule has 3 amide bonds. The Bertz CT molecular complexity index is 1750. The quantitative estimate of drug-likeness (QED) is 0.0850. The molecule has 6 nitrogen and oxygen atoms in total. The van der Waals surface area contributed by atoms with Crippen molar-refractivity contribution in [3.05, 3.63) is 142 Å². The molecule has 0 aliphatic rings. The standard InChI is InChI=1S/C34H26IN3O3S/c35-26-13-15-27(16-14-26)36-32(39)22-42-29-19-17-28(18-20-29)37-34(41)31(38-33(40)24-8-2-1-3-9-24)21-25-11-6-10-23-7-4-5-12-30(23)25/h1-21H,22H2,(H,36,39)(H,37,41)(H,38,40)/b31-21-. The highest BCUT2D eigenvalue weighted by Gasteiger charge is 2.16. The zero-order valence-electron chi connectivity index (χ0n) is 22.3. The van der Waals surface area contributed by atoms with E-state index in [0.717, 1.165) is 30.5 Å². The van der Waals surface area contributed by atoms with Gasteiger partial charge < -0.3 is 16.0 Å². The molecule has 0 heterocycles. The second-order valence-corrected chi connectivity index (χ2v) is 11.6. The van der Waals surface area contributed by atoms with Crippen molar-refractivity contribution in [1.29, 1.82) is 0 Å². The average molecular weight is 684 g/mol. The lowest BCUT2D eigenvalue weighted by Gasteiger charge is -2.12. The van der Waals surface area contributed by atoms with Crippen LogP contribution in [0.15, 0.2) is 132 Å². The third-order valence-corrected chi connectivity index (χ3v) is 7.99. The number of anilines is 2. The first-order chi connectivity index (χ1) is 20.4. The van der Waals surface area contributed by atoms with Gasteiger partial charge in [-0.25, -0.2) is 0 Å². The predicted octanol–water partition coefficient (Wildman–Crippen LogP) is 7.58. The number of halogens is 1. The number of fused-ring (bicyclic) bond motifs is 1. The number of nitrogens with one attached hydrogen (secondary N) is 3. The van der Waals surface area contributed by atoms with Crippen LogP contribution in [0.2, 0.25) is 0 Å². The summed E-state index contributed by atoms with van der Waals surface area (Å²) in [6.07, 6.45) is 1.69. The number of thioether (sulfide) groups is 1. The number of benzene rings is 5. The molecule has 5 aromatic carbocycles. The summed E-state index contributed by atoms with van der Waals surface area (Å²) in [6.45, 7) is 0. The SMILES string of the molecule is O=C(CSc1ccc(NC(=O)/C(=C/c2cccc3ccccc23)NC(=O)c2ccccc2)cc1)Nc1ccc(I)cc1. The summed E-state index contributed by atoms with van der Waals surface area (Å²) in [5.41, 5.74) is 2.69. The van der Waals surface area contributed by atoms with Crippen LogP contribution in [0.3, 0.4) is 0 Å². The number of carbonyl (C=O) groups is 3. The first-order valence-electron chi connectivity index (χ1n) is 13.1. The van der Waals surface area contributed by atoms with E-state index < -0.39 is 5.91 Å². The van der Waals surface area contributed by atoms with Crippen LogP contribution in [0.25, 0.3) is 16.8 Å². The Kier molecular flexibility index (Phi) is 9.68. The van der Waals surface area contributed by atoms with E-state index in [9.17, 15) is 14.4 Å². The van der Waals surface area contributed by atoms with E-state index in [1.807, 2.05) is 84.9 Å². The molecule has 0 fully saturated rings. The third-order valence-electron chi connectivity index (χ3n) is 6.26. The van der Waals surface area contributed by atoms with Crippen LogP contribution in [-0.2, 0) is 9.59 Å². The molecule has 3 N–H and O–H groups in total. The van der Waals surface area contributed by atoms with Gasteiger partial charge in [0.1, 0.15) is 5.70 Å². The number of carbonyl (C=O) groups excluding carboxylic acids is 3. The molecule has 42 heavy (non-hydrogen) atoms. The van der Waals surface area contributed by atoms with E-state index in [0.29, 0.717) is 11.3 Å². The highest BCUT2D eigenvalue weighted by atomic mass is 127. The lowest BCUT2D eigenvalue weighted by atomic mass is 10.0. The fraction of sp³-hybridized carbons (Fsp3) is 0.0294. The number of amides is 3. The van der Waals surface area contributed by atoms with Crippen molar-refractivity contribution in [2.75, 3.05) is 16.4 Å². The Hall–Kier alpha value is -4.41. The summed E-state index contributed by atoms with van der Waals surface area (Å²) < 4.78 is 1.10. The molecule has 0 aromatic heterocycles. The lowest BCUT2D eigenvalue weighted by Crippen LogP contribution is -2.30. The maximum Gasteiger partial charge on any atom is 0.272 e. The molecule has 208 valence electrons. The molecule has 0 atom stereocenters. The minimum Gasteiger partial charge on any atom is -0.325 e. The van der Waals surface area contributed by atoms with Gasteiger partial charge in [-0.05, 0) is 106 Å². The van der Waals surface area contributed by atoms with Crippen LogP contribution in [0.4, 0.5) is 11.4 Å². The van der Waals surface area contributed by atoms with E-state index in [1.54, 1.807) is 42.5 Å². The number of rotatable bonds is 9. The fourth-order valence-corrected chi connectivity index (χ4v) is 5.24. The van der Waals surface area contributed by atoms with E-state index in [4.69, 9.17) is 0 Å². The number of hydrogen-bond acceptors (Lipinski definition) is 4. The molecule has 0 radical (unpaired) electrons. The average Bonchev–Trinajstić information content (AvgIpc) is 3.02. The summed E-state index contributed by atoms with van der Waals surface area (Å²) in [7, 11) is 0. The second-order valence-electron chi connectivity index (χ2n) is 9.27.